The summed E-state index contributed by atoms with van der Waals surface area (Å²) in [6.07, 6.45) is 1.58. The number of hydrogen-bond donors (Lipinski definition) is 1. The van der Waals surface area contributed by atoms with Crippen LogP contribution in [0, 0.1) is 11.3 Å². The van der Waals surface area contributed by atoms with E-state index in [2.05, 4.69) is 57.1 Å². The lowest BCUT2D eigenvalue weighted by molar-refractivity contribution is -0.117. The van der Waals surface area contributed by atoms with Crippen molar-refractivity contribution < 1.29 is 4.79 Å². The van der Waals surface area contributed by atoms with Gasteiger partial charge in [-0.05, 0) is 43.7 Å². The van der Waals surface area contributed by atoms with E-state index < -0.39 is 0 Å². The van der Waals surface area contributed by atoms with E-state index in [1.807, 2.05) is 24.3 Å². The summed E-state index contributed by atoms with van der Waals surface area (Å²) in [5.41, 5.74) is 3.06. The van der Waals surface area contributed by atoms with E-state index in [-0.39, 0.29) is 11.3 Å². The number of thiazole rings is 1. The summed E-state index contributed by atoms with van der Waals surface area (Å²) in [6, 6.07) is 7.96. The van der Waals surface area contributed by atoms with Gasteiger partial charge in [-0.15, -0.1) is 11.3 Å². The Kier molecular flexibility index (Phi) is 7.42. The number of carbonyl (C=O) groups is 1. The second kappa shape index (κ2) is 9.36. The van der Waals surface area contributed by atoms with Crippen molar-refractivity contribution in [3.05, 3.63) is 29.6 Å². The van der Waals surface area contributed by atoms with Gasteiger partial charge in [0.15, 0.2) is 5.13 Å². The quantitative estimate of drug-likeness (QED) is 0.599. The van der Waals surface area contributed by atoms with Crippen LogP contribution in [0.3, 0.4) is 0 Å². The average Bonchev–Trinajstić information content (AvgIpc) is 3.04. The van der Waals surface area contributed by atoms with Crippen molar-refractivity contribution in [3.63, 3.8) is 0 Å². The average molecular weight is 388 g/mol. The number of carbonyl (C=O) groups excluding carboxylic acids is 1. The molecular weight excluding hydrogens is 354 g/mol. The first kappa shape index (κ1) is 21.4. The van der Waals surface area contributed by atoms with Crippen molar-refractivity contribution >= 4 is 28.1 Å². The van der Waals surface area contributed by atoms with E-state index in [0.29, 0.717) is 12.3 Å². The maximum atomic E-state index is 12.4. The van der Waals surface area contributed by atoms with Gasteiger partial charge < -0.3 is 10.2 Å². The van der Waals surface area contributed by atoms with E-state index in [9.17, 15) is 4.79 Å². The monoisotopic (exact) mass is 387 g/mol. The second-order valence-corrected chi connectivity index (χ2v) is 9.23. The van der Waals surface area contributed by atoms with Crippen molar-refractivity contribution in [1.29, 1.82) is 0 Å². The Morgan fingerprint density at radius 2 is 1.96 bits per heavy atom. The van der Waals surface area contributed by atoms with E-state index in [1.165, 1.54) is 0 Å². The van der Waals surface area contributed by atoms with Crippen LogP contribution in [-0.4, -0.2) is 24.0 Å². The zero-order valence-electron chi connectivity index (χ0n) is 17.5. The fourth-order valence-electron chi connectivity index (χ4n) is 3.44. The van der Waals surface area contributed by atoms with Crippen molar-refractivity contribution in [2.45, 2.75) is 54.4 Å². The molecule has 1 atom stereocenters. The molecule has 0 aliphatic heterocycles. The van der Waals surface area contributed by atoms with E-state index >= 15 is 0 Å². The van der Waals surface area contributed by atoms with Crippen LogP contribution < -0.4 is 10.2 Å². The third kappa shape index (κ3) is 6.65. The predicted octanol–water partition coefficient (Wildman–Crippen LogP) is 6.06. The normalized spacial score (nSPS) is 12.7. The van der Waals surface area contributed by atoms with Crippen LogP contribution >= 0.6 is 11.3 Å². The van der Waals surface area contributed by atoms with Crippen LogP contribution in [0.25, 0.3) is 11.3 Å². The van der Waals surface area contributed by atoms with Crippen molar-refractivity contribution in [2.24, 2.45) is 11.3 Å². The van der Waals surface area contributed by atoms with E-state index in [4.69, 9.17) is 4.98 Å². The van der Waals surface area contributed by atoms with E-state index in [1.54, 1.807) is 11.3 Å². The second-order valence-electron chi connectivity index (χ2n) is 8.39. The first-order valence-corrected chi connectivity index (χ1v) is 10.7. The first-order chi connectivity index (χ1) is 12.7. The number of nitrogens with one attached hydrogen (secondary N) is 1. The van der Waals surface area contributed by atoms with Crippen LogP contribution in [0.4, 0.5) is 10.8 Å². The number of anilines is 2. The number of amides is 1. The van der Waals surface area contributed by atoms with Gasteiger partial charge in [0.1, 0.15) is 0 Å². The zero-order valence-corrected chi connectivity index (χ0v) is 18.3. The number of hydrogen-bond acceptors (Lipinski definition) is 4. The highest BCUT2D eigenvalue weighted by atomic mass is 32.1. The standard InChI is InChI=1S/C22H33N3OS/c1-7-25(8-2)21-24-19(15-27-21)17-10-9-11-18(13-17)23-20(26)12-16(3)14-22(4,5)6/h9-11,13,15-16H,7-8,12,14H2,1-6H3,(H,23,26)/t16-/m0/s1. The van der Waals surface area contributed by atoms with Gasteiger partial charge in [0.2, 0.25) is 5.91 Å². The molecule has 0 fully saturated rings. The van der Waals surface area contributed by atoms with Crippen LogP contribution in [0.1, 0.15) is 54.4 Å². The summed E-state index contributed by atoms with van der Waals surface area (Å²) < 4.78 is 0. The number of rotatable bonds is 8. The number of benzene rings is 1. The van der Waals surface area contributed by atoms with Gasteiger partial charge in [0.05, 0.1) is 5.69 Å². The Morgan fingerprint density at radius 3 is 2.59 bits per heavy atom. The van der Waals surface area contributed by atoms with Crippen molar-refractivity contribution in [3.8, 4) is 11.3 Å². The van der Waals surface area contributed by atoms with Crippen LogP contribution in [0.5, 0.6) is 0 Å². The highest BCUT2D eigenvalue weighted by Crippen LogP contribution is 2.29. The third-order valence-electron chi connectivity index (χ3n) is 4.46. The molecular formula is C22H33N3OS. The number of nitrogens with zero attached hydrogens (tertiary/aromatic N) is 2. The minimum atomic E-state index is 0.0750. The third-order valence-corrected chi connectivity index (χ3v) is 5.36. The molecule has 0 aliphatic rings. The molecule has 1 N–H and O–H groups in total. The Morgan fingerprint density at radius 1 is 1.26 bits per heavy atom. The fraction of sp³-hybridized carbons (Fsp3) is 0.545. The molecule has 0 spiro atoms. The zero-order chi connectivity index (χ0) is 20.0. The topological polar surface area (TPSA) is 45.2 Å². The minimum Gasteiger partial charge on any atom is -0.349 e. The SMILES string of the molecule is CCN(CC)c1nc(-c2cccc(NC(=O)C[C@H](C)CC(C)(C)C)c2)cs1. The molecule has 148 valence electrons. The van der Waals surface area contributed by atoms with Gasteiger partial charge in [0, 0.05) is 36.1 Å². The summed E-state index contributed by atoms with van der Waals surface area (Å²) in [7, 11) is 0. The minimum absolute atomic E-state index is 0.0750. The Hall–Kier alpha value is -1.88. The van der Waals surface area contributed by atoms with Gasteiger partial charge in [-0.1, -0.05) is 39.8 Å². The summed E-state index contributed by atoms with van der Waals surface area (Å²) in [5, 5.41) is 6.17. The molecule has 4 nitrogen and oxygen atoms in total. The molecule has 5 heteroatoms. The highest BCUT2D eigenvalue weighted by molar-refractivity contribution is 7.14. The van der Waals surface area contributed by atoms with Gasteiger partial charge in [-0.3, -0.25) is 4.79 Å². The molecule has 27 heavy (non-hydrogen) atoms. The molecule has 0 unspecified atom stereocenters. The lowest BCUT2D eigenvalue weighted by Gasteiger charge is -2.22. The molecule has 1 aromatic heterocycles. The van der Waals surface area contributed by atoms with Crippen LogP contribution in [0.2, 0.25) is 0 Å². The summed E-state index contributed by atoms with van der Waals surface area (Å²) in [5.74, 6) is 0.439. The molecule has 2 rings (SSSR count). The van der Waals surface area contributed by atoms with Gasteiger partial charge in [-0.2, -0.15) is 0 Å². The molecule has 0 saturated heterocycles. The Labute approximate surface area is 168 Å². The molecule has 0 saturated carbocycles. The summed E-state index contributed by atoms with van der Waals surface area (Å²) in [6.45, 7) is 15.0. The summed E-state index contributed by atoms with van der Waals surface area (Å²) in [4.78, 5) is 19.4. The maximum absolute atomic E-state index is 12.4. The smallest absolute Gasteiger partial charge is 0.224 e. The van der Waals surface area contributed by atoms with Crippen molar-refractivity contribution in [2.75, 3.05) is 23.3 Å². The molecule has 1 amide bonds. The summed E-state index contributed by atoms with van der Waals surface area (Å²) >= 11 is 1.66. The van der Waals surface area contributed by atoms with Crippen LogP contribution in [0.15, 0.2) is 29.6 Å². The molecule has 1 heterocycles. The lowest BCUT2D eigenvalue weighted by Crippen LogP contribution is -2.21. The van der Waals surface area contributed by atoms with Gasteiger partial charge in [0.25, 0.3) is 0 Å². The van der Waals surface area contributed by atoms with Crippen LogP contribution in [-0.2, 0) is 4.79 Å². The predicted molar refractivity (Wildman–Crippen MR) is 118 cm³/mol. The highest BCUT2D eigenvalue weighted by Gasteiger charge is 2.18. The molecule has 2 aromatic rings. The van der Waals surface area contributed by atoms with Gasteiger partial charge >= 0.3 is 0 Å². The number of aromatic nitrogens is 1. The van der Waals surface area contributed by atoms with Gasteiger partial charge in [-0.25, -0.2) is 4.98 Å². The fourth-order valence-corrected chi connectivity index (χ4v) is 4.40. The lowest BCUT2D eigenvalue weighted by atomic mass is 9.84. The molecule has 0 radical (unpaired) electrons. The largest absolute Gasteiger partial charge is 0.349 e. The maximum Gasteiger partial charge on any atom is 0.224 e. The van der Waals surface area contributed by atoms with Crippen molar-refractivity contribution in [1.82, 2.24) is 4.98 Å². The van der Waals surface area contributed by atoms with E-state index in [0.717, 1.165) is 41.6 Å². The molecule has 1 aromatic carbocycles. The molecule has 0 aliphatic carbocycles. The Balaban J connectivity index is 2.04. The Bertz CT molecular complexity index is 744. The first-order valence-electron chi connectivity index (χ1n) is 9.82. The molecule has 0 bridgehead atoms.